The first-order chi connectivity index (χ1) is 19.5. The second kappa shape index (κ2) is 12.4. The van der Waals surface area contributed by atoms with Gasteiger partial charge < -0.3 is 9.47 Å². The number of benzene rings is 3. The van der Waals surface area contributed by atoms with Crippen molar-refractivity contribution >= 4 is 39.2 Å². The molecule has 0 amide bonds. The largest absolute Gasteiger partial charge is 0.491 e. The van der Waals surface area contributed by atoms with Crippen molar-refractivity contribution in [3.05, 3.63) is 83.6 Å². The summed E-state index contributed by atoms with van der Waals surface area (Å²) in [5.41, 5.74) is 1.90. The highest BCUT2D eigenvalue weighted by Crippen LogP contribution is 2.37. The van der Waals surface area contributed by atoms with Gasteiger partial charge in [-0.1, -0.05) is 75.6 Å². The first kappa shape index (κ1) is 27.5. The number of pyridine rings is 1. The standard InChI is InChI=1S/C34H35NO5/c1-3-5-10-22(4-2)21-40-30(36)15-9-18-39-29-14-8-13-23-16-17-28(35-32(23)29)31-33(37)26-19-24-11-6-7-12-25(24)20-27(26)34(31)38/h6-8,11-14,16-17,19-20,22,31H,3-5,9-10,15,18,21H2,1-2H3. The Morgan fingerprint density at radius 3 is 2.25 bits per heavy atom. The summed E-state index contributed by atoms with van der Waals surface area (Å²) in [6.07, 6.45) is 5.18. The fourth-order valence-electron chi connectivity index (χ4n) is 5.34. The van der Waals surface area contributed by atoms with E-state index in [2.05, 4.69) is 13.8 Å². The molecule has 40 heavy (non-hydrogen) atoms. The van der Waals surface area contributed by atoms with Crippen molar-refractivity contribution in [2.45, 2.75) is 58.3 Å². The number of rotatable bonds is 12. The number of esters is 1. The van der Waals surface area contributed by atoms with E-state index in [1.807, 2.05) is 48.5 Å². The van der Waals surface area contributed by atoms with Crippen LogP contribution in [0.2, 0.25) is 0 Å². The Balaban J connectivity index is 1.25. The van der Waals surface area contributed by atoms with Gasteiger partial charge in [-0.05, 0) is 53.8 Å². The van der Waals surface area contributed by atoms with Gasteiger partial charge in [0, 0.05) is 22.9 Å². The van der Waals surface area contributed by atoms with Crippen LogP contribution in [-0.2, 0) is 9.53 Å². The molecule has 0 fully saturated rings. The maximum Gasteiger partial charge on any atom is 0.305 e. The molecule has 0 radical (unpaired) electrons. The number of fused-ring (bicyclic) bond motifs is 3. The molecule has 6 heteroatoms. The highest BCUT2D eigenvalue weighted by Gasteiger charge is 2.40. The van der Waals surface area contributed by atoms with Crippen LogP contribution in [0.1, 0.15) is 84.7 Å². The number of ketones is 2. The van der Waals surface area contributed by atoms with Gasteiger partial charge in [0.25, 0.3) is 0 Å². The number of hydrogen-bond donors (Lipinski definition) is 0. The molecular formula is C34H35NO5. The molecule has 3 aromatic carbocycles. The Morgan fingerprint density at radius 2 is 1.57 bits per heavy atom. The summed E-state index contributed by atoms with van der Waals surface area (Å²) in [7, 11) is 0. The molecule has 0 bridgehead atoms. The normalized spacial score (nSPS) is 14.1. The minimum atomic E-state index is -0.969. The molecule has 1 aromatic heterocycles. The zero-order valence-corrected chi connectivity index (χ0v) is 23.2. The monoisotopic (exact) mass is 537 g/mol. The third-order valence-corrected chi connectivity index (χ3v) is 7.75. The average molecular weight is 538 g/mol. The first-order valence-electron chi connectivity index (χ1n) is 14.3. The molecule has 5 rings (SSSR count). The van der Waals surface area contributed by atoms with Crippen LogP contribution in [0.15, 0.2) is 66.7 Å². The molecule has 1 unspecified atom stereocenters. The smallest absolute Gasteiger partial charge is 0.305 e. The van der Waals surface area contributed by atoms with Crippen LogP contribution in [0, 0.1) is 5.92 Å². The van der Waals surface area contributed by atoms with E-state index in [-0.39, 0.29) is 24.0 Å². The second-order valence-electron chi connectivity index (χ2n) is 10.5. The fourth-order valence-corrected chi connectivity index (χ4v) is 5.34. The van der Waals surface area contributed by atoms with Gasteiger partial charge in [0.1, 0.15) is 17.2 Å². The summed E-state index contributed by atoms with van der Waals surface area (Å²) >= 11 is 0. The number of para-hydroxylation sites is 1. The number of nitrogens with zero attached hydrogens (tertiary/aromatic N) is 1. The van der Waals surface area contributed by atoms with Gasteiger partial charge in [0.05, 0.1) is 18.9 Å². The van der Waals surface area contributed by atoms with E-state index in [0.717, 1.165) is 41.8 Å². The number of ether oxygens (including phenoxy) is 2. The lowest BCUT2D eigenvalue weighted by Gasteiger charge is -2.14. The van der Waals surface area contributed by atoms with Crippen molar-refractivity contribution in [2.75, 3.05) is 13.2 Å². The van der Waals surface area contributed by atoms with Crippen LogP contribution in [0.25, 0.3) is 21.7 Å². The Kier molecular flexibility index (Phi) is 8.54. The molecule has 4 aromatic rings. The first-order valence-corrected chi connectivity index (χ1v) is 14.3. The van der Waals surface area contributed by atoms with Gasteiger partial charge in [0.2, 0.25) is 0 Å². The van der Waals surface area contributed by atoms with Gasteiger partial charge in [0.15, 0.2) is 11.6 Å². The zero-order chi connectivity index (χ0) is 28.1. The number of aromatic nitrogens is 1. The molecule has 6 nitrogen and oxygen atoms in total. The van der Waals surface area contributed by atoms with Gasteiger partial charge >= 0.3 is 5.97 Å². The third-order valence-electron chi connectivity index (χ3n) is 7.75. The average Bonchev–Trinajstić information content (AvgIpc) is 3.22. The maximum absolute atomic E-state index is 13.4. The fraction of sp³-hybridized carbons (Fsp3) is 0.353. The number of carbonyl (C=O) groups excluding carboxylic acids is 3. The van der Waals surface area contributed by atoms with Crippen LogP contribution in [0.3, 0.4) is 0 Å². The van der Waals surface area contributed by atoms with Crippen LogP contribution >= 0.6 is 0 Å². The maximum atomic E-state index is 13.4. The van der Waals surface area contributed by atoms with E-state index >= 15 is 0 Å². The molecule has 1 heterocycles. The van der Waals surface area contributed by atoms with Crippen LogP contribution in [0.5, 0.6) is 5.75 Å². The minimum Gasteiger partial charge on any atom is -0.491 e. The van der Waals surface area contributed by atoms with E-state index in [4.69, 9.17) is 14.5 Å². The van der Waals surface area contributed by atoms with Crippen molar-refractivity contribution in [1.82, 2.24) is 4.98 Å². The van der Waals surface area contributed by atoms with Gasteiger partial charge in [-0.3, -0.25) is 14.4 Å². The zero-order valence-electron chi connectivity index (χ0n) is 23.2. The molecule has 1 aliphatic rings. The number of hydrogen-bond acceptors (Lipinski definition) is 6. The SMILES string of the molecule is CCCCC(CC)COC(=O)CCCOc1cccc2ccc(C3C(=O)c4cc5ccccc5cc4C3=O)nc12. The summed E-state index contributed by atoms with van der Waals surface area (Å²) in [6.45, 7) is 5.10. The van der Waals surface area contributed by atoms with Crippen molar-refractivity contribution in [3.63, 3.8) is 0 Å². The molecule has 0 N–H and O–H groups in total. The van der Waals surface area contributed by atoms with Crippen molar-refractivity contribution in [2.24, 2.45) is 5.92 Å². The molecule has 206 valence electrons. The topological polar surface area (TPSA) is 82.6 Å². The van der Waals surface area contributed by atoms with Crippen LogP contribution in [-0.4, -0.2) is 35.7 Å². The summed E-state index contributed by atoms with van der Waals surface area (Å²) in [4.78, 5) is 43.7. The highest BCUT2D eigenvalue weighted by molar-refractivity contribution is 6.30. The molecular weight excluding hydrogens is 502 g/mol. The summed E-state index contributed by atoms with van der Waals surface area (Å²) < 4.78 is 11.5. The lowest BCUT2D eigenvalue weighted by atomic mass is 9.98. The minimum absolute atomic E-state index is 0.206. The molecule has 0 saturated heterocycles. The molecule has 1 atom stereocenters. The second-order valence-corrected chi connectivity index (χ2v) is 10.5. The van der Waals surface area contributed by atoms with Gasteiger partial charge in [-0.25, -0.2) is 4.98 Å². The van der Waals surface area contributed by atoms with Gasteiger partial charge in [-0.15, -0.1) is 0 Å². The van der Waals surface area contributed by atoms with Crippen molar-refractivity contribution < 1.29 is 23.9 Å². The Hall–Kier alpha value is -4.06. The highest BCUT2D eigenvalue weighted by atomic mass is 16.5. The predicted octanol–water partition coefficient (Wildman–Crippen LogP) is 7.47. The molecule has 1 aliphatic carbocycles. The lowest BCUT2D eigenvalue weighted by Crippen LogP contribution is -2.15. The summed E-state index contributed by atoms with van der Waals surface area (Å²) in [5.74, 6) is -0.657. The Bertz CT molecular complexity index is 1500. The van der Waals surface area contributed by atoms with E-state index in [1.165, 1.54) is 0 Å². The summed E-state index contributed by atoms with van der Waals surface area (Å²) in [5, 5.41) is 2.70. The molecule has 0 saturated carbocycles. The van der Waals surface area contributed by atoms with Crippen LogP contribution < -0.4 is 4.74 Å². The van der Waals surface area contributed by atoms with E-state index in [0.29, 0.717) is 53.6 Å². The van der Waals surface area contributed by atoms with Crippen LogP contribution in [0.4, 0.5) is 0 Å². The Morgan fingerprint density at radius 1 is 0.875 bits per heavy atom. The molecule has 0 spiro atoms. The number of unbranched alkanes of at least 4 members (excludes halogenated alkanes) is 1. The van der Waals surface area contributed by atoms with Crippen molar-refractivity contribution in [3.8, 4) is 5.75 Å². The lowest BCUT2D eigenvalue weighted by molar-refractivity contribution is -0.145. The third kappa shape index (κ3) is 5.76. The Labute approximate surface area is 234 Å². The number of Topliss-reactive ketones (excluding diaryl/α,β-unsaturated/α-hetero) is 2. The van der Waals surface area contributed by atoms with E-state index in [1.54, 1.807) is 18.2 Å². The number of carbonyl (C=O) groups is 3. The predicted molar refractivity (Wildman–Crippen MR) is 156 cm³/mol. The summed E-state index contributed by atoms with van der Waals surface area (Å²) in [6, 6.07) is 20.5. The van der Waals surface area contributed by atoms with E-state index in [9.17, 15) is 14.4 Å². The quantitative estimate of drug-likeness (QED) is 0.106. The van der Waals surface area contributed by atoms with Gasteiger partial charge in [-0.2, -0.15) is 0 Å². The molecule has 0 aliphatic heterocycles. The van der Waals surface area contributed by atoms with E-state index < -0.39 is 5.92 Å². The van der Waals surface area contributed by atoms with Crippen molar-refractivity contribution in [1.29, 1.82) is 0 Å².